The van der Waals surface area contributed by atoms with E-state index in [2.05, 4.69) is 35.5 Å². The maximum atomic E-state index is 10.7. The molecule has 0 aliphatic carbocycles. The van der Waals surface area contributed by atoms with Crippen molar-refractivity contribution < 1.29 is 9.90 Å². The molecule has 0 bridgehead atoms. The number of thioether (sulfide) groups is 1. The Bertz CT molecular complexity index is 575. The number of hydrogen-bond donors (Lipinski definition) is 1. The van der Waals surface area contributed by atoms with E-state index >= 15 is 0 Å². The van der Waals surface area contributed by atoms with Gasteiger partial charge in [-0.05, 0) is 25.5 Å². The molecule has 2 rings (SSSR count). The van der Waals surface area contributed by atoms with Gasteiger partial charge in [-0.1, -0.05) is 18.7 Å². The molecule has 0 atom stereocenters. The van der Waals surface area contributed by atoms with Crippen molar-refractivity contribution in [2.75, 3.05) is 5.75 Å². The van der Waals surface area contributed by atoms with Crippen LogP contribution in [0.2, 0.25) is 0 Å². The highest BCUT2D eigenvalue weighted by atomic mass is 32.2. The van der Waals surface area contributed by atoms with E-state index in [-0.39, 0.29) is 5.75 Å². The summed E-state index contributed by atoms with van der Waals surface area (Å²) in [7, 11) is 0. The Morgan fingerprint density at radius 1 is 1.53 bits per heavy atom. The van der Waals surface area contributed by atoms with Crippen molar-refractivity contribution in [3.05, 3.63) is 33.8 Å². The van der Waals surface area contributed by atoms with Crippen molar-refractivity contribution in [3.8, 4) is 0 Å². The number of thiophene rings is 1. The van der Waals surface area contributed by atoms with Gasteiger partial charge < -0.3 is 9.67 Å². The third-order valence-electron chi connectivity index (χ3n) is 2.70. The van der Waals surface area contributed by atoms with Crippen LogP contribution in [-0.2, 0) is 17.8 Å². The number of carboxylic acid groups (broad SMARTS) is 1. The molecular weight excluding hydrogens is 280 g/mol. The van der Waals surface area contributed by atoms with Gasteiger partial charge in [0.15, 0.2) is 5.16 Å². The molecule has 0 fully saturated rings. The smallest absolute Gasteiger partial charge is 0.313 e. The van der Waals surface area contributed by atoms with E-state index in [1.807, 2.05) is 6.20 Å². The van der Waals surface area contributed by atoms with E-state index in [4.69, 9.17) is 5.11 Å². The summed E-state index contributed by atoms with van der Waals surface area (Å²) >= 11 is 3.04. The van der Waals surface area contributed by atoms with Crippen molar-refractivity contribution in [1.82, 2.24) is 9.55 Å². The van der Waals surface area contributed by atoms with E-state index < -0.39 is 5.97 Å². The highest BCUT2D eigenvalue weighted by Gasteiger charge is 2.12. The predicted octanol–water partition coefficient (Wildman–Crippen LogP) is 3.04. The minimum atomic E-state index is -0.815. The molecule has 2 aromatic rings. The zero-order valence-corrected chi connectivity index (χ0v) is 12.6. The summed E-state index contributed by atoms with van der Waals surface area (Å²) in [6.07, 6.45) is 2.73. The van der Waals surface area contributed by atoms with Crippen LogP contribution in [0.25, 0.3) is 0 Å². The van der Waals surface area contributed by atoms with Crippen LogP contribution < -0.4 is 0 Å². The first-order valence-corrected chi connectivity index (χ1v) is 7.84. The predicted molar refractivity (Wildman–Crippen MR) is 78.1 cm³/mol. The van der Waals surface area contributed by atoms with Crippen LogP contribution in [0, 0.1) is 6.92 Å². The first-order valence-electron chi connectivity index (χ1n) is 6.04. The lowest BCUT2D eigenvalue weighted by molar-refractivity contribution is -0.133. The maximum absolute atomic E-state index is 10.7. The van der Waals surface area contributed by atoms with Crippen molar-refractivity contribution in [2.24, 2.45) is 0 Å². The second-order valence-corrected chi connectivity index (χ2v) is 6.48. The summed E-state index contributed by atoms with van der Waals surface area (Å²) in [6, 6.07) is 4.22. The Balaban J connectivity index is 2.20. The summed E-state index contributed by atoms with van der Waals surface area (Å²) in [6.45, 7) is 4.94. The number of aliphatic carboxylic acids is 1. The van der Waals surface area contributed by atoms with Crippen LogP contribution in [-0.4, -0.2) is 26.4 Å². The van der Waals surface area contributed by atoms with Gasteiger partial charge >= 0.3 is 5.97 Å². The molecule has 0 saturated heterocycles. The highest BCUT2D eigenvalue weighted by Crippen LogP contribution is 2.23. The molecule has 102 valence electrons. The second kappa shape index (κ2) is 6.25. The quantitative estimate of drug-likeness (QED) is 0.832. The molecule has 6 heteroatoms. The summed E-state index contributed by atoms with van der Waals surface area (Å²) < 4.78 is 2.11. The monoisotopic (exact) mass is 296 g/mol. The molecule has 0 aliphatic rings. The minimum absolute atomic E-state index is 0.0453. The number of nitrogens with zero attached hydrogens (tertiary/aromatic N) is 2. The fourth-order valence-corrected chi connectivity index (χ4v) is 3.41. The molecule has 0 aliphatic heterocycles. The van der Waals surface area contributed by atoms with Gasteiger partial charge in [0, 0.05) is 21.6 Å². The Labute approximate surface area is 120 Å². The van der Waals surface area contributed by atoms with E-state index in [9.17, 15) is 4.79 Å². The number of carbonyl (C=O) groups is 1. The Kier molecular flexibility index (Phi) is 4.66. The third-order valence-corrected chi connectivity index (χ3v) is 4.66. The summed E-state index contributed by atoms with van der Waals surface area (Å²) in [5.41, 5.74) is 1.14. The van der Waals surface area contributed by atoms with Crippen molar-refractivity contribution in [3.63, 3.8) is 0 Å². The fourth-order valence-electron chi connectivity index (χ4n) is 1.81. The zero-order chi connectivity index (χ0) is 13.8. The number of carboxylic acids is 1. The van der Waals surface area contributed by atoms with Crippen LogP contribution in [0.5, 0.6) is 0 Å². The van der Waals surface area contributed by atoms with Crippen molar-refractivity contribution in [2.45, 2.75) is 32.0 Å². The Morgan fingerprint density at radius 2 is 2.32 bits per heavy atom. The van der Waals surface area contributed by atoms with Crippen LogP contribution in [0.15, 0.2) is 23.5 Å². The molecule has 2 aromatic heterocycles. The molecule has 0 radical (unpaired) electrons. The largest absolute Gasteiger partial charge is 0.481 e. The van der Waals surface area contributed by atoms with Crippen LogP contribution in [0.4, 0.5) is 0 Å². The summed E-state index contributed by atoms with van der Waals surface area (Å²) in [4.78, 5) is 17.5. The van der Waals surface area contributed by atoms with Crippen LogP contribution >= 0.6 is 23.1 Å². The highest BCUT2D eigenvalue weighted by molar-refractivity contribution is 7.99. The van der Waals surface area contributed by atoms with Gasteiger partial charge in [0.1, 0.15) is 0 Å². The van der Waals surface area contributed by atoms with Crippen LogP contribution in [0.3, 0.4) is 0 Å². The van der Waals surface area contributed by atoms with Crippen LogP contribution in [0.1, 0.15) is 22.4 Å². The Morgan fingerprint density at radius 3 is 2.89 bits per heavy atom. The van der Waals surface area contributed by atoms with Gasteiger partial charge in [0.05, 0.1) is 12.3 Å². The van der Waals surface area contributed by atoms with E-state index in [1.54, 1.807) is 11.3 Å². The molecule has 0 amide bonds. The van der Waals surface area contributed by atoms with Gasteiger partial charge in [0.2, 0.25) is 0 Å². The number of aromatic nitrogens is 2. The molecule has 4 nitrogen and oxygen atoms in total. The van der Waals surface area contributed by atoms with Gasteiger partial charge in [-0.25, -0.2) is 4.98 Å². The van der Waals surface area contributed by atoms with Gasteiger partial charge in [0.25, 0.3) is 0 Å². The molecule has 0 aromatic carbocycles. The second-order valence-electron chi connectivity index (χ2n) is 4.17. The van der Waals surface area contributed by atoms with E-state index in [1.165, 1.54) is 21.5 Å². The van der Waals surface area contributed by atoms with Gasteiger partial charge in [-0.15, -0.1) is 11.3 Å². The van der Waals surface area contributed by atoms with Crippen molar-refractivity contribution in [1.29, 1.82) is 0 Å². The maximum Gasteiger partial charge on any atom is 0.313 e. The Hall–Kier alpha value is -1.27. The van der Waals surface area contributed by atoms with Gasteiger partial charge in [-0.3, -0.25) is 4.79 Å². The first kappa shape index (κ1) is 14.1. The SMILES string of the molecule is CCc1cnc(SCC(=O)O)n1Cc1ccc(C)s1. The summed E-state index contributed by atoms with van der Waals surface area (Å²) in [5.74, 6) is -0.770. The number of imidazole rings is 1. The molecule has 1 N–H and O–H groups in total. The lowest BCUT2D eigenvalue weighted by Gasteiger charge is -2.09. The standard InChI is InChI=1S/C13H16N2O2S2/c1-3-10-6-14-13(18-8-12(16)17)15(10)7-11-5-4-9(2)19-11/h4-6H,3,7-8H2,1-2H3,(H,16,17). The average molecular weight is 296 g/mol. The lowest BCUT2D eigenvalue weighted by atomic mass is 10.3. The zero-order valence-electron chi connectivity index (χ0n) is 10.9. The van der Waals surface area contributed by atoms with E-state index in [0.717, 1.165) is 23.8 Å². The minimum Gasteiger partial charge on any atom is -0.481 e. The van der Waals surface area contributed by atoms with Gasteiger partial charge in [-0.2, -0.15) is 0 Å². The molecule has 2 heterocycles. The first-order chi connectivity index (χ1) is 9.10. The molecule has 0 spiro atoms. The topological polar surface area (TPSA) is 55.1 Å². The number of rotatable bonds is 6. The van der Waals surface area contributed by atoms with E-state index in [0.29, 0.717) is 0 Å². The lowest BCUT2D eigenvalue weighted by Crippen LogP contribution is -2.06. The third kappa shape index (κ3) is 3.61. The molecular formula is C13H16N2O2S2. The summed E-state index contributed by atoms with van der Waals surface area (Å²) in [5, 5.41) is 9.55. The fraction of sp³-hybridized carbons (Fsp3) is 0.385. The number of hydrogen-bond acceptors (Lipinski definition) is 4. The van der Waals surface area contributed by atoms with Crippen molar-refractivity contribution >= 4 is 29.1 Å². The molecule has 0 saturated carbocycles. The molecule has 19 heavy (non-hydrogen) atoms. The number of aryl methyl sites for hydroxylation is 2. The average Bonchev–Trinajstić information content (AvgIpc) is 2.94. The molecule has 0 unspecified atom stereocenters. The normalized spacial score (nSPS) is 10.8.